The molecular formula is C20H32O3. The van der Waals surface area contributed by atoms with Gasteiger partial charge < -0.3 is 14.6 Å². The Morgan fingerprint density at radius 3 is 2.78 bits per heavy atom. The Morgan fingerprint density at radius 1 is 1.43 bits per heavy atom. The fraction of sp³-hybridized carbons (Fsp3) is 0.700. The molecule has 3 nitrogen and oxygen atoms in total. The quantitative estimate of drug-likeness (QED) is 0.499. The standard InChI is InChI=1S/C20H32O3/c1-6-14(3)8-11-19(21)23-13-15-9-10-16(18(7-2)22-5)20(4)12-17(15)20/h7,9-10,14,17,19,21H,6,8,11-13H2,1-5H3/b18-7-. The van der Waals surface area contributed by atoms with Gasteiger partial charge in [-0.1, -0.05) is 39.3 Å². The first-order valence-corrected chi connectivity index (χ1v) is 8.87. The minimum absolute atomic E-state index is 0.174. The van der Waals surface area contributed by atoms with E-state index in [1.807, 2.05) is 13.0 Å². The third kappa shape index (κ3) is 4.07. The number of aliphatic hydroxyl groups excluding tert-OH is 1. The molecule has 3 heteroatoms. The number of hydrogen-bond donors (Lipinski definition) is 1. The maximum absolute atomic E-state index is 10.0. The molecule has 0 bridgehead atoms. The molecule has 0 heterocycles. The SMILES string of the molecule is C/C=C(\OC)C1=CC=C(COC(O)CCC(C)CC)C2CC12C. The summed E-state index contributed by atoms with van der Waals surface area (Å²) in [5.74, 6) is 2.14. The number of aliphatic hydroxyl groups is 1. The van der Waals surface area contributed by atoms with E-state index in [2.05, 4.69) is 32.9 Å². The first-order chi connectivity index (χ1) is 11.0. The average molecular weight is 320 g/mol. The van der Waals surface area contributed by atoms with Crippen LogP contribution in [0.15, 0.2) is 35.1 Å². The minimum atomic E-state index is -0.648. The zero-order valence-corrected chi connectivity index (χ0v) is 15.3. The van der Waals surface area contributed by atoms with Crippen LogP contribution >= 0.6 is 0 Å². The summed E-state index contributed by atoms with van der Waals surface area (Å²) >= 11 is 0. The van der Waals surface area contributed by atoms with Crippen molar-refractivity contribution in [2.24, 2.45) is 17.3 Å². The molecule has 0 radical (unpaired) electrons. The van der Waals surface area contributed by atoms with Gasteiger partial charge in [0.2, 0.25) is 0 Å². The Morgan fingerprint density at radius 2 is 2.17 bits per heavy atom. The lowest BCUT2D eigenvalue weighted by Gasteiger charge is -2.23. The number of ether oxygens (including phenoxy) is 2. The van der Waals surface area contributed by atoms with E-state index >= 15 is 0 Å². The summed E-state index contributed by atoms with van der Waals surface area (Å²) in [6.07, 6.45) is 9.71. The summed E-state index contributed by atoms with van der Waals surface area (Å²) in [6, 6.07) is 0. The van der Waals surface area contributed by atoms with Crippen LogP contribution in [0.3, 0.4) is 0 Å². The summed E-state index contributed by atoms with van der Waals surface area (Å²) in [4.78, 5) is 0. The summed E-state index contributed by atoms with van der Waals surface area (Å²) in [7, 11) is 1.73. The molecule has 4 atom stereocenters. The maximum Gasteiger partial charge on any atom is 0.154 e. The molecule has 23 heavy (non-hydrogen) atoms. The van der Waals surface area contributed by atoms with Crippen LogP contribution in [0.5, 0.6) is 0 Å². The molecule has 0 aromatic heterocycles. The molecule has 0 saturated heterocycles. The molecule has 0 aromatic carbocycles. The molecule has 130 valence electrons. The smallest absolute Gasteiger partial charge is 0.154 e. The van der Waals surface area contributed by atoms with Gasteiger partial charge in [0.25, 0.3) is 0 Å². The highest BCUT2D eigenvalue weighted by Crippen LogP contribution is 2.64. The topological polar surface area (TPSA) is 38.7 Å². The van der Waals surface area contributed by atoms with Gasteiger partial charge in [-0.25, -0.2) is 0 Å². The van der Waals surface area contributed by atoms with Crippen molar-refractivity contribution in [1.29, 1.82) is 0 Å². The highest BCUT2D eigenvalue weighted by Gasteiger charge is 2.56. The lowest BCUT2D eigenvalue weighted by molar-refractivity contribution is -0.0983. The molecular weight excluding hydrogens is 288 g/mol. The normalized spacial score (nSPS) is 29.3. The van der Waals surface area contributed by atoms with E-state index in [-0.39, 0.29) is 5.41 Å². The number of hydrogen-bond acceptors (Lipinski definition) is 3. The van der Waals surface area contributed by atoms with Crippen molar-refractivity contribution < 1.29 is 14.6 Å². The van der Waals surface area contributed by atoms with E-state index < -0.39 is 6.29 Å². The van der Waals surface area contributed by atoms with Gasteiger partial charge in [-0.2, -0.15) is 0 Å². The molecule has 1 saturated carbocycles. The van der Waals surface area contributed by atoms with Crippen LogP contribution in [0.4, 0.5) is 0 Å². The predicted molar refractivity (Wildman–Crippen MR) is 93.8 cm³/mol. The van der Waals surface area contributed by atoms with Crippen molar-refractivity contribution in [1.82, 2.24) is 0 Å². The number of fused-ring (bicyclic) bond motifs is 1. The minimum Gasteiger partial charge on any atom is -0.497 e. The molecule has 1 fully saturated rings. The summed E-state index contributed by atoms with van der Waals surface area (Å²) < 4.78 is 11.2. The van der Waals surface area contributed by atoms with Gasteiger partial charge >= 0.3 is 0 Å². The first kappa shape index (κ1) is 18.3. The second-order valence-electron chi connectivity index (χ2n) is 7.21. The monoisotopic (exact) mass is 320 g/mol. The van der Waals surface area contributed by atoms with Gasteiger partial charge in [0, 0.05) is 11.0 Å². The second-order valence-corrected chi connectivity index (χ2v) is 7.21. The highest BCUT2D eigenvalue weighted by molar-refractivity contribution is 5.48. The van der Waals surface area contributed by atoms with Crippen molar-refractivity contribution in [3.63, 3.8) is 0 Å². The number of rotatable bonds is 9. The third-order valence-corrected chi connectivity index (χ3v) is 5.56. The van der Waals surface area contributed by atoms with Gasteiger partial charge in [0.05, 0.1) is 13.7 Å². The van der Waals surface area contributed by atoms with E-state index in [0.717, 1.165) is 31.4 Å². The molecule has 2 rings (SSSR count). The predicted octanol–water partition coefficient (Wildman–Crippen LogP) is 4.59. The summed E-state index contributed by atoms with van der Waals surface area (Å²) in [5, 5.41) is 10.0. The van der Waals surface area contributed by atoms with E-state index in [1.165, 1.54) is 11.1 Å². The van der Waals surface area contributed by atoms with Crippen molar-refractivity contribution in [3.05, 3.63) is 35.1 Å². The molecule has 4 unspecified atom stereocenters. The van der Waals surface area contributed by atoms with Crippen LogP contribution in [0.2, 0.25) is 0 Å². The molecule has 0 amide bonds. The maximum atomic E-state index is 10.0. The Balaban J connectivity index is 1.90. The van der Waals surface area contributed by atoms with Crippen LogP contribution in [-0.4, -0.2) is 25.1 Å². The Kier molecular flexibility index (Phi) is 6.10. The zero-order chi connectivity index (χ0) is 17.0. The summed E-state index contributed by atoms with van der Waals surface area (Å²) in [6.45, 7) is 9.23. The van der Waals surface area contributed by atoms with E-state index in [1.54, 1.807) is 7.11 Å². The van der Waals surface area contributed by atoms with E-state index in [0.29, 0.717) is 18.4 Å². The fourth-order valence-electron chi connectivity index (χ4n) is 3.50. The van der Waals surface area contributed by atoms with Gasteiger partial charge in [-0.15, -0.1) is 0 Å². The Bertz CT molecular complexity index is 503. The molecule has 2 aliphatic rings. The van der Waals surface area contributed by atoms with Gasteiger partial charge in [0.1, 0.15) is 5.76 Å². The largest absolute Gasteiger partial charge is 0.497 e. The van der Waals surface area contributed by atoms with E-state index in [4.69, 9.17) is 9.47 Å². The lowest BCUT2D eigenvalue weighted by Crippen LogP contribution is -2.18. The van der Waals surface area contributed by atoms with Crippen molar-refractivity contribution in [3.8, 4) is 0 Å². The number of allylic oxidation sites excluding steroid dienone is 4. The van der Waals surface area contributed by atoms with Gasteiger partial charge in [-0.05, 0) is 49.7 Å². The first-order valence-electron chi connectivity index (χ1n) is 8.87. The van der Waals surface area contributed by atoms with Crippen LogP contribution in [0.25, 0.3) is 0 Å². The van der Waals surface area contributed by atoms with E-state index in [9.17, 15) is 5.11 Å². The Hall–Kier alpha value is -1.06. The van der Waals surface area contributed by atoms with Crippen LogP contribution in [0, 0.1) is 17.3 Å². The molecule has 0 aromatic rings. The number of methoxy groups -OCH3 is 1. The van der Waals surface area contributed by atoms with Crippen molar-refractivity contribution in [2.45, 2.75) is 59.7 Å². The molecule has 0 spiro atoms. The van der Waals surface area contributed by atoms with Crippen molar-refractivity contribution in [2.75, 3.05) is 13.7 Å². The molecule has 0 aliphatic heterocycles. The molecule has 1 N–H and O–H groups in total. The molecule has 2 aliphatic carbocycles. The summed E-state index contributed by atoms with van der Waals surface area (Å²) in [5.41, 5.74) is 2.76. The zero-order valence-electron chi connectivity index (χ0n) is 15.3. The Labute approximate surface area is 141 Å². The highest BCUT2D eigenvalue weighted by atomic mass is 16.6. The van der Waals surface area contributed by atoms with Crippen LogP contribution in [0.1, 0.15) is 53.4 Å². The van der Waals surface area contributed by atoms with Gasteiger partial charge in [-0.3, -0.25) is 0 Å². The average Bonchev–Trinajstić information content (AvgIpc) is 3.25. The third-order valence-electron chi connectivity index (χ3n) is 5.56. The van der Waals surface area contributed by atoms with Crippen LogP contribution in [-0.2, 0) is 9.47 Å². The second kappa shape index (κ2) is 7.67. The van der Waals surface area contributed by atoms with Crippen molar-refractivity contribution >= 4 is 0 Å². The van der Waals surface area contributed by atoms with Gasteiger partial charge in [0.15, 0.2) is 6.29 Å². The fourth-order valence-corrected chi connectivity index (χ4v) is 3.50. The van der Waals surface area contributed by atoms with Crippen LogP contribution < -0.4 is 0 Å². The lowest BCUT2D eigenvalue weighted by atomic mass is 9.86.